The second kappa shape index (κ2) is 14.8. The zero-order valence-corrected chi connectivity index (χ0v) is 27.8. The van der Waals surface area contributed by atoms with E-state index in [0.29, 0.717) is 12.2 Å². The number of esters is 1. The lowest BCUT2D eigenvalue weighted by molar-refractivity contribution is -0.151. The predicted molar refractivity (Wildman–Crippen MR) is 175 cm³/mol. The second-order valence-electron chi connectivity index (χ2n) is 13.3. The fourth-order valence-electron chi connectivity index (χ4n) is 8.05. The maximum Gasteiger partial charge on any atom is 0.353 e. The SMILES string of the molecule is CCC1(C2(SCC(NC(=O)CCC(N)C(=O)O)C(=O)NC(O)C(=O)O)CCC3CC(Cc4ccncc4)=CC4C(=O)OC2=C34)CCCC1. The van der Waals surface area contributed by atoms with E-state index in [2.05, 4.69) is 17.2 Å². The van der Waals surface area contributed by atoms with Crippen molar-refractivity contribution < 1.29 is 44.0 Å². The van der Waals surface area contributed by atoms with Gasteiger partial charge in [-0.3, -0.25) is 24.2 Å². The van der Waals surface area contributed by atoms with Crippen LogP contribution < -0.4 is 16.4 Å². The van der Waals surface area contributed by atoms with E-state index in [9.17, 15) is 34.2 Å². The number of amides is 2. The van der Waals surface area contributed by atoms with Gasteiger partial charge in [0, 0.05) is 24.6 Å². The summed E-state index contributed by atoms with van der Waals surface area (Å²) in [6, 6.07) is 1.39. The summed E-state index contributed by atoms with van der Waals surface area (Å²) in [5.74, 6) is -4.49. The summed E-state index contributed by atoms with van der Waals surface area (Å²) in [4.78, 5) is 66.4. The second-order valence-corrected chi connectivity index (χ2v) is 14.6. The Labute approximate surface area is 283 Å². The van der Waals surface area contributed by atoms with Crippen LogP contribution in [0.5, 0.6) is 0 Å². The Bertz CT molecular complexity index is 1490. The first-order chi connectivity index (χ1) is 22.9. The predicted octanol–water partition coefficient (Wildman–Crippen LogP) is 2.43. The van der Waals surface area contributed by atoms with Crippen molar-refractivity contribution in [1.29, 1.82) is 0 Å². The van der Waals surface area contributed by atoms with Crippen LogP contribution in [0, 0.1) is 17.3 Å². The summed E-state index contributed by atoms with van der Waals surface area (Å²) < 4.78 is 5.59. The minimum atomic E-state index is -2.19. The molecule has 4 aliphatic rings. The molecule has 48 heavy (non-hydrogen) atoms. The van der Waals surface area contributed by atoms with Crippen LogP contribution in [0.1, 0.15) is 76.7 Å². The van der Waals surface area contributed by atoms with Gasteiger partial charge in [0.15, 0.2) is 0 Å². The largest absolute Gasteiger partial charge is 0.480 e. The van der Waals surface area contributed by atoms with Gasteiger partial charge in [-0.2, -0.15) is 0 Å². The summed E-state index contributed by atoms with van der Waals surface area (Å²) in [6.07, 6.45) is 10.6. The number of carbonyl (C=O) groups is 5. The zero-order valence-electron chi connectivity index (χ0n) is 27.0. The van der Waals surface area contributed by atoms with E-state index in [-0.39, 0.29) is 35.9 Å². The number of allylic oxidation sites excluding steroid dienone is 1. The molecule has 2 heterocycles. The number of nitrogens with two attached hydrogens (primary N) is 1. The number of aliphatic carboxylic acids is 2. The van der Waals surface area contributed by atoms with Gasteiger partial charge in [-0.15, -0.1) is 11.8 Å². The average Bonchev–Trinajstić information content (AvgIpc) is 3.69. The lowest BCUT2D eigenvalue weighted by atomic mass is 9.61. The monoisotopic (exact) mass is 684 g/mol. The average molecular weight is 685 g/mol. The van der Waals surface area contributed by atoms with Gasteiger partial charge in [0.05, 0.1) is 4.75 Å². The van der Waals surface area contributed by atoms with E-state index in [1.54, 1.807) is 12.4 Å². The first-order valence-electron chi connectivity index (χ1n) is 16.6. The van der Waals surface area contributed by atoms with E-state index >= 15 is 0 Å². The Balaban J connectivity index is 1.46. The molecule has 3 aliphatic carbocycles. The number of aliphatic hydroxyl groups is 1. The molecule has 7 N–H and O–H groups in total. The fraction of sp³-hybridized carbons (Fsp3) is 0.588. The number of pyridine rings is 1. The molecule has 0 spiro atoms. The first kappa shape index (κ1) is 35.6. The van der Waals surface area contributed by atoms with Crippen molar-refractivity contribution in [3.8, 4) is 0 Å². The van der Waals surface area contributed by atoms with E-state index in [4.69, 9.17) is 15.6 Å². The number of rotatable bonds is 15. The minimum absolute atomic E-state index is 0.0105. The molecule has 1 saturated carbocycles. The standard InChI is InChI=1S/C34H44N4O9S/c1-2-33(10-3-4-11-33)34(48-18-24(28(40)38-29(41)31(44)45)37-25(39)6-5-23(35)30(42)43)12-7-21-16-20(15-19-8-13-36-14-9-19)17-22-26(21)27(34)47-32(22)46/h8-9,13-14,17,21-24,29,41H,2-7,10-12,15-16,18,35H2,1H3,(H,37,39)(H,38,40)(H,42,43)(H,44,45). The maximum absolute atomic E-state index is 13.6. The van der Waals surface area contributed by atoms with Crippen molar-refractivity contribution >= 4 is 41.5 Å². The molecule has 2 amide bonds. The molecular formula is C34H44N4O9S. The van der Waals surface area contributed by atoms with Crippen LogP contribution in [-0.4, -0.2) is 78.8 Å². The Hall–Kier alpha value is -3.75. The van der Waals surface area contributed by atoms with Crippen LogP contribution in [0.25, 0.3) is 0 Å². The lowest BCUT2D eigenvalue weighted by Gasteiger charge is -2.52. The molecule has 1 aromatic heterocycles. The van der Waals surface area contributed by atoms with Gasteiger partial charge in [-0.1, -0.05) is 31.4 Å². The van der Waals surface area contributed by atoms with E-state index in [1.165, 1.54) is 17.3 Å². The van der Waals surface area contributed by atoms with Crippen molar-refractivity contribution in [2.45, 2.75) is 101 Å². The number of aromatic nitrogens is 1. The van der Waals surface area contributed by atoms with Crippen molar-refractivity contribution in [3.63, 3.8) is 0 Å². The molecule has 13 nitrogen and oxygen atoms in total. The van der Waals surface area contributed by atoms with Crippen LogP contribution in [0.15, 0.2) is 47.5 Å². The quantitative estimate of drug-likeness (QED) is 0.0892. The Morgan fingerprint density at radius 2 is 1.81 bits per heavy atom. The van der Waals surface area contributed by atoms with E-state index in [0.717, 1.165) is 62.5 Å². The van der Waals surface area contributed by atoms with Gasteiger partial charge in [0.2, 0.25) is 18.0 Å². The Morgan fingerprint density at radius 1 is 1.10 bits per heavy atom. The third-order valence-electron chi connectivity index (χ3n) is 10.6. The van der Waals surface area contributed by atoms with Gasteiger partial charge in [0.25, 0.3) is 0 Å². The lowest BCUT2D eigenvalue weighted by Crippen LogP contribution is -2.55. The number of hydrogen-bond donors (Lipinski definition) is 6. The highest BCUT2D eigenvalue weighted by atomic mass is 32.2. The molecule has 6 atom stereocenters. The van der Waals surface area contributed by atoms with Gasteiger partial charge in [0.1, 0.15) is 23.8 Å². The molecule has 0 radical (unpaired) electrons. The van der Waals surface area contributed by atoms with Gasteiger partial charge < -0.3 is 36.4 Å². The molecule has 1 aliphatic heterocycles. The molecule has 1 aromatic rings. The Kier molecular flexibility index (Phi) is 11.0. The number of nitrogens with one attached hydrogen (secondary N) is 2. The summed E-state index contributed by atoms with van der Waals surface area (Å²) in [5.41, 5.74) is 8.62. The van der Waals surface area contributed by atoms with Crippen LogP contribution in [-0.2, 0) is 35.1 Å². The summed E-state index contributed by atoms with van der Waals surface area (Å²) >= 11 is 1.44. The van der Waals surface area contributed by atoms with Gasteiger partial charge in [-0.05, 0) is 86.0 Å². The zero-order chi connectivity index (χ0) is 34.6. The molecule has 0 aromatic carbocycles. The molecule has 14 heteroatoms. The minimum Gasteiger partial charge on any atom is -0.480 e. The van der Waals surface area contributed by atoms with Crippen molar-refractivity contribution in [3.05, 3.63) is 53.1 Å². The summed E-state index contributed by atoms with van der Waals surface area (Å²) in [6.45, 7) is 2.13. The molecule has 5 rings (SSSR count). The number of carbonyl (C=O) groups excluding carboxylic acids is 3. The third-order valence-corrected chi connectivity index (χ3v) is 12.4. The number of aliphatic hydroxyl groups excluding tert-OH is 1. The van der Waals surface area contributed by atoms with Crippen LogP contribution in [0.3, 0.4) is 0 Å². The molecule has 260 valence electrons. The summed E-state index contributed by atoms with van der Waals surface area (Å²) in [7, 11) is 0. The number of carboxylic acid groups (broad SMARTS) is 2. The number of nitrogens with zero attached hydrogens (tertiary/aromatic N) is 1. The van der Waals surface area contributed by atoms with Gasteiger partial charge in [-0.25, -0.2) is 4.79 Å². The van der Waals surface area contributed by atoms with Crippen LogP contribution >= 0.6 is 11.8 Å². The van der Waals surface area contributed by atoms with E-state index in [1.807, 2.05) is 23.5 Å². The molecule has 0 bridgehead atoms. The maximum atomic E-state index is 13.6. The van der Waals surface area contributed by atoms with Crippen LogP contribution in [0.2, 0.25) is 0 Å². The molecule has 6 unspecified atom stereocenters. The number of hydrogen-bond acceptors (Lipinski definition) is 10. The highest BCUT2D eigenvalue weighted by Crippen LogP contribution is 2.66. The third kappa shape index (κ3) is 7.15. The number of thioether (sulfide) groups is 1. The Morgan fingerprint density at radius 3 is 2.46 bits per heavy atom. The van der Waals surface area contributed by atoms with Crippen molar-refractivity contribution in [2.24, 2.45) is 23.0 Å². The smallest absolute Gasteiger partial charge is 0.353 e. The van der Waals surface area contributed by atoms with E-state index < -0.39 is 52.7 Å². The summed E-state index contributed by atoms with van der Waals surface area (Å²) in [5, 5.41) is 32.8. The molecule has 1 fully saturated rings. The highest BCUT2D eigenvalue weighted by molar-refractivity contribution is 8.01. The first-order valence-corrected chi connectivity index (χ1v) is 17.6. The fourth-order valence-corrected chi connectivity index (χ4v) is 9.94. The normalized spacial score (nSPS) is 26.1. The number of carboxylic acids is 2. The van der Waals surface area contributed by atoms with Crippen molar-refractivity contribution in [2.75, 3.05) is 5.75 Å². The molecule has 0 saturated heterocycles. The number of ether oxygens (including phenoxy) is 1. The highest BCUT2D eigenvalue weighted by Gasteiger charge is 2.61. The van der Waals surface area contributed by atoms with Crippen LogP contribution in [0.4, 0.5) is 0 Å². The topological polar surface area (TPSA) is 218 Å². The molecular weight excluding hydrogens is 640 g/mol. The van der Waals surface area contributed by atoms with Gasteiger partial charge >= 0.3 is 17.9 Å². The van der Waals surface area contributed by atoms with Crippen molar-refractivity contribution in [1.82, 2.24) is 15.6 Å².